The van der Waals surface area contributed by atoms with Crippen LogP contribution in [0.5, 0.6) is 0 Å². The van der Waals surface area contributed by atoms with Crippen molar-refractivity contribution in [1.82, 2.24) is 0 Å². The maximum Gasteiger partial charge on any atom is 0.577 e. The van der Waals surface area contributed by atoms with Crippen molar-refractivity contribution in [2.75, 3.05) is 19.8 Å². The minimum absolute atomic E-state index is 0. The first-order valence-corrected chi connectivity index (χ1v) is 6.32. The molecule has 3 nitrogen and oxygen atoms in total. The average Bonchev–Trinajstić information content (AvgIpc) is 2.17. The maximum absolute atomic E-state index is 5.45. The van der Waals surface area contributed by atoms with E-state index in [1.165, 1.54) is 0 Å². The molecular formula is C9H22BrO3Si. The van der Waals surface area contributed by atoms with Gasteiger partial charge in [0.25, 0.3) is 0 Å². The van der Waals surface area contributed by atoms with E-state index in [2.05, 4.69) is 20.8 Å². The normalized spacial score (nSPS) is 10.3. The Morgan fingerprint density at radius 1 is 0.714 bits per heavy atom. The summed E-state index contributed by atoms with van der Waals surface area (Å²) in [5, 5.41) is 0. The van der Waals surface area contributed by atoms with Crippen LogP contribution in [0, 0.1) is 0 Å². The van der Waals surface area contributed by atoms with Crippen molar-refractivity contribution in [2.45, 2.75) is 40.0 Å². The van der Waals surface area contributed by atoms with E-state index < -0.39 is 9.53 Å². The lowest BCUT2D eigenvalue weighted by atomic mass is 10.5. The van der Waals surface area contributed by atoms with Crippen LogP contribution < -0.4 is 0 Å². The first kappa shape index (κ1) is 17.0. The van der Waals surface area contributed by atoms with Gasteiger partial charge in [0.05, 0.1) is 0 Å². The molecule has 0 fully saturated rings. The van der Waals surface area contributed by atoms with Crippen LogP contribution in [-0.2, 0) is 13.3 Å². The lowest BCUT2D eigenvalue weighted by Gasteiger charge is -2.13. The Kier molecular flexibility index (Phi) is 16.5. The molecule has 0 aromatic heterocycles. The van der Waals surface area contributed by atoms with Crippen LogP contribution in [0.3, 0.4) is 0 Å². The zero-order valence-corrected chi connectivity index (χ0v) is 12.1. The third-order valence-electron chi connectivity index (χ3n) is 1.27. The van der Waals surface area contributed by atoms with Gasteiger partial charge in [-0.2, -0.15) is 0 Å². The second-order valence-corrected chi connectivity index (χ2v) is 4.16. The second kappa shape index (κ2) is 13.6. The average molecular weight is 286 g/mol. The van der Waals surface area contributed by atoms with Gasteiger partial charge in [0.2, 0.25) is 0 Å². The van der Waals surface area contributed by atoms with Crippen LogP contribution in [0.1, 0.15) is 40.0 Å². The van der Waals surface area contributed by atoms with Crippen LogP contribution in [0.25, 0.3) is 0 Å². The highest BCUT2D eigenvalue weighted by atomic mass is 79.9. The molecule has 0 atom stereocenters. The summed E-state index contributed by atoms with van der Waals surface area (Å²) in [6.45, 7) is 8.46. The SMILES string of the molecule is Br.CCCO[Si](OCCC)OCCC. The molecule has 0 saturated carbocycles. The van der Waals surface area contributed by atoms with Crippen molar-refractivity contribution in [3.05, 3.63) is 0 Å². The minimum atomic E-state index is -1.43. The number of hydrogen-bond donors (Lipinski definition) is 0. The van der Waals surface area contributed by atoms with Gasteiger partial charge in [0, 0.05) is 19.8 Å². The van der Waals surface area contributed by atoms with E-state index in [9.17, 15) is 0 Å². The van der Waals surface area contributed by atoms with Gasteiger partial charge < -0.3 is 13.3 Å². The molecule has 0 bridgehead atoms. The van der Waals surface area contributed by atoms with E-state index in [4.69, 9.17) is 13.3 Å². The fourth-order valence-corrected chi connectivity index (χ4v) is 2.04. The molecule has 0 amide bonds. The monoisotopic (exact) mass is 285 g/mol. The van der Waals surface area contributed by atoms with E-state index in [0.717, 1.165) is 39.1 Å². The van der Waals surface area contributed by atoms with Gasteiger partial charge in [-0.25, -0.2) is 0 Å². The van der Waals surface area contributed by atoms with Crippen LogP contribution in [0.15, 0.2) is 0 Å². The molecule has 0 N–H and O–H groups in total. The molecule has 0 rings (SSSR count). The Bertz CT molecular complexity index is 87.0. The van der Waals surface area contributed by atoms with Gasteiger partial charge in [-0.3, -0.25) is 0 Å². The van der Waals surface area contributed by atoms with Crippen LogP contribution in [-0.4, -0.2) is 29.3 Å². The minimum Gasteiger partial charge on any atom is -0.371 e. The van der Waals surface area contributed by atoms with Gasteiger partial charge >= 0.3 is 9.53 Å². The maximum atomic E-state index is 5.45. The van der Waals surface area contributed by atoms with E-state index in [1.54, 1.807) is 0 Å². The van der Waals surface area contributed by atoms with E-state index in [0.29, 0.717) is 0 Å². The molecule has 14 heavy (non-hydrogen) atoms. The standard InChI is InChI=1S/C9H21O3Si.BrH/c1-4-7-10-13(11-8-5-2)12-9-6-3;/h4-9H2,1-3H3;1H. The number of halogens is 1. The van der Waals surface area contributed by atoms with Crippen molar-refractivity contribution >= 4 is 26.5 Å². The van der Waals surface area contributed by atoms with Crippen LogP contribution >= 0.6 is 17.0 Å². The Hall–Kier alpha value is 0.577. The molecule has 0 aliphatic carbocycles. The Balaban J connectivity index is 0. The summed E-state index contributed by atoms with van der Waals surface area (Å²) in [4.78, 5) is 0. The molecule has 1 radical (unpaired) electrons. The van der Waals surface area contributed by atoms with Crippen molar-refractivity contribution in [2.24, 2.45) is 0 Å². The quantitative estimate of drug-likeness (QED) is 0.610. The predicted molar refractivity (Wildman–Crippen MR) is 64.8 cm³/mol. The summed E-state index contributed by atoms with van der Waals surface area (Å²) < 4.78 is 16.4. The molecule has 0 aliphatic rings. The fraction of sp³-hybridized carbons (Fsp3) is 1.00. The highest BCUT2D eigenvalue weighted by Gasteiger charge is 2.17. The van der Waals surface area contributed by atoms with Crippen molar-refractivity contribution in [3.8, 4) is 0 Å². The molecule has 5 heteroatoms. The molecular weight excluding hydrogens is 264 g/mol. The van der Waals surface area contributed by atoms with Gasteiger partial charge in [-0.05, 0) is 19.3 Å². The Morgan fingerprint density at radius 3 is 1.21 bits per heavy atom. The lowest BCUT2D eigenvalue weighted by molar-refractivity contribution is 0.0933. The third-order valence-corrected chi connectivity index (χ3v) is 2.59. The first-order chi connectivity index (χ1) is 6.35. The molecule has 87 valence electrons. The lowest BCUT2D eigenvalue weighted by Crippen LogP contribution is -2.28. The summed E-state index contributed by atoms with van der Waals surface area (Å²) in [6, 6.07) is 0. The molecule has 0 aliphatic heterocycles. The summed E-state index contributed by atoms with van der Waals surface area (Å²) >= 11 is 0. The topological polar surface area (TPSA) is 27.7 Å². The largest absolute Gasteiger partial charge is 0.577 e. The summed E-state index contributed by atoms with van der Waals surface area (Å²) in [6.07, 6.45) is 3.04. The third kappa shape index (κ3) is 10.7. The molecule has 0 saturated heterocycles. The van der Waals surface area contributed by atoms with Crippen LogP contribution in [0.4, 0.5) is 0 Å². The van der Waals surface area contributed by atoms with Gasteiger partial charge in [0.15, 0.2) is 0 Å². The molecule has 0 aromatic carbocycles. The zero-order valence-electron chi connectivity index (χ0n) is 9.38. The van der Waals surface area contributed by atoms with E-state index in [-0.39, 0.29) is 17.0 Å². The van der Waals surface area contributed by atoms with Gasteiger partial charge in [-0.15, -0.1) is 17.0 Å². The fourth-order valence-electron chi connectivity index (χ4n) is 0.681. The molecule has 0 unspecified atom stereocenters. The second-order valence-electron chi connectivity index (χ2n) is 2.80. The highest BCUT2D eigenvalue weighted by molar-refractivity contribution is 8.93. The molecule has 0 heterocycles. The predicted octanol–water partition coefficient (Wildman–Crippen LogP) is 2.83. The summed E-state index contributed by atoms with van der Waals surface area (Å²) in [5.41, 5.74) is 0. The van der Waals surface area contributed by atoms with Crippen molar-refractivity contribution in [3.63, 3.8) is 0 Å². The van der Waals surface area contributed by atoms with E-state index in [1.807, 2.05) is 0 Å². The number of rotatable bonds is 9. The smallest absolute Gasteiger partial charge is 0.371 e. The first-order valence-electron chi connectivity index (χ1n) is 5.10. The van der Waals surface area contributed by atoms with E-state index >= 15 is 0 Å². The summed E-state index contributed by atoms with van der Waals surface area (Å²) in [5.74, 6) is 0. The molecule has 0 aromatic rings. The molecule has 0 spiro atoms. The zero-order chi connectivity index (χ0) is 9.94. The highest BCUT2D eigenvalue weighted by Crippen LogP contribution is 1.96. The Morgan fingerprint density at radius 2 is 1.00 bits per heavy atom. The van der Waals surface area contributed by atoms with Gasteiger partial charge in [0.1, 0.15) is 0 Å². The summed E-state index contributed by atoms with van der Waals surface area (Å²) in [7, 11) is -1.43. The van der Waals surface area contributed by atoms with Crippen LogP contribution in [0.2, 0.25) is 0 Å². The number of hydrogen-bond acceptors (Lipinski definition) is 3. The van der Waals surface area contributed by atoms with Crippen molar-refractivity contribution in [1.29, 1.82) is 0 Å². The van der Waals surface area contributed by atoms with Crippen molar-refractivity contribution < 1.29 is 13.3 Å². The Labute approximate surface area is 99.9 Å². The van der Waals surface area contributed by atoms with Gasteiger partial charge in [-0.1, -0.05) is 20.8 Å².